The molecule has 2 aromatic rings. The molecule has 8 nitrogen and oxygen atoms in total. The molecule has 0 aromatic heterocycles. The Balaban J connectivity index is 3.13. The molecule has 0 bridgehead atoms. The molecule has 2 aromatic carbocycles. The Morgan fingerprint density at radius 3 is 1.21 bits per heavy atom. The zero-order chi connectivity index (χ0) is 21.6. The Morgan fingerprint density at radius 1 is 0.714 bits per heavy atom. The molecule has 2 rings (SSSR count). The quantitative estimate of drug-likeness (QED) is 0.502. The molecule has 28 heavy (non-hydrogen) atoms. The first-order chi connectivity index (χ1) is 12.6. The van der Waals surface area contributed by atoms with Gasteiger partial charge >= 0.3 is 0 Å². The van der Waals surface area contributed by atoms with Crippen LogP contribution in [-0.4, -0.2) is 37.5 Å². The lowest BCUT2D eigenvalue weighted by atomic mass is 9.98. The van der Waals surface area contributed by atoms with E-state index in [1.165, 1.54) is 0 Å². The van der Waals surface area contributed by atoms with E-state index in [-0.39, 0.29) is 21.2 Å². The summed E-state index contributed by atoms with van der Waals surface area (Å²) in [6.07, 6.45) is 0. The first-order valence-electron chi connectivity index (χ1n) is 7.29. The van der Waals surface area contributed by atoms with E-state index in [0.29, 0.717) is 0 Å². The maximum absolute atomic E-state index is 11.8. The second kappa shape index (κ2) is 7.54. The minimum Gasteiger partial charge on any atom is -0.294 e. The highest BCUT2D eigenvalue weighted by Gasteiger charge is 2.27. The molecule has 150 valence electrons. The molecule has 0 aliphatic rings. The van der Waals surface area contributed by atoms with Crippen molar-refractivity contribution in [3.05, 3.63) is 45.4 Å². The average Bonchev–Trinajstić information content (AvgIpc) is 2.52. The fourth-order valence-corrected chi connectivity index (χ4v) is 4.65. The molecule has 0 fully saturated rings. The standard InChI is InChI=1S/C16H12Cl2O8S2/c1-7(19)9-3-11(15(5-13(9)17)27(21,22)23)12-4-10(8(2)20)14(18)6-16(12)28(24,25)26/h3-6H,1-2H3,(H,21,22,23)(H,24,25,26). The first-order valence-corrected chi connectivity index (χ1v) is 10.9. The number of benzene rings is 2. The third-order valence-corrected chi connectivity index (χ3v) is 6.16. The summed E-state index contributed by atoms with van der Waals surface area (Å²) in [5.74, 6) is -1.16. The van der Waals surface area contributed by atoms with Crippen molar-refractivity contribution in [3.8, 4) is 11.1 Å². The van der Waals surface area contributed by atoms with Crippen LogP contribution in [0.15, 0.2) is 34.1 Å². The average molecular weight is 467 g/mol. The Morgan fingerprint density at radius 2 is 1.00 bits per heavy atom. The summed E-state index contributed by atoms with van der Waals surface area (Å²) in [6, 6.07) is 3.41. The number of ketones is 2. The van der Waals surface area contributed by atoms with Crippen LogP contribution < -0.4 is 0 Å². The smallest absolute Gasteiger partial charge is 0.294 e. The van der Waals surface area contributed by atoms with Crippen molar-refractivity contribution in [2.24, 2.45) is 0 Å². The van der Waals surface area contributed by atoms with Gasteiger partial charge in [0.2, 0.25) is 0 Å². The number of halogens is 2. The van der Waals surface area contributed by atoms with Gasteiger partial charge in [-0.25, -0.2) is 0 Å². The third-order valence-electron chi connectivity index (χ3n) is 3.74. The molecule has 0 radical (unpaired) electrons. The van der Waals surface area contributed by atoms with E-state index in [0.717, 1.165) is 38.1 Å². The predicted octanol–water partition coefficient (Wildman–Crippen LogP) is 3.56. The van der Waals surface area contributed by atoms with Gasteiger partial charge in [-0.3, -0.25) is 18.7 Å². The predicted molar refractivity (Wildman–Crippen MR) is 102 cm³/mol. The lowest BCUT2D eigenvalue weighted by Crippen LogP contribution is -2.08. The van der Waals surface area contributed by atoms with Gasteiger partial charge in [0.25, 0.3) is 20.2 Å². The summed E-state index contributed by atoms with van der Waals surface area (Å²) >= 11 is 11.8. The minimum absolute atomic E-state index is 0.176. The second-order valence-corrected chi connectivity index (χ2v) is 9.31. The number of hydrogen-bond donors (Lipinski definition) is 2. The van der Waals surface area contributed by atoms with Crippen molar-refractivity contribution >= 4 is 55.0 Å². The molecule has 0 atom stereocenters. The summed E-state index contributed by atoms with van der Waals surface area (Å²) in [5.41, 5.74) is -1.29. The molecule has 0 spiro atoms. The fourth-order valence-electron chi connectivity index (χ4n) is 2.50. The van der Waals surface area contributed by atoms with Crippen molar-refractivity contribution in [3.63, 3.8) is 0 Å². The second-order valence-electron chi connectivity index (χ2n) is 5.72. The van der Waals surface area contributed by atoms with Crippen LogP contribution in [0.2, 0.25) is 10.0 Å². The summed E-state index contributed by atoms with van der Waals surface area (Å²) in [6.45, 7) is 2.26. The van der Waals surface area contributed by atoms with Crippen LogP contribution in [0.25, 0.3) is 11.1 Å². The van der Waals surface area contributed by atoms with Crippen LogP contribution in [0.1, 0.15) is 34.6 Å². The van der Waals surface area contributed by atoms with Crippen molar-refractivity contribution in [1.29, 1.82) is 0 Å². The number of carbonyl (C=O) groups is 2. The van der Waals surface area contributed by atoms with E-state index in [1.54, 1.807) is 0 Å². The van der Waals surface area contributed by atoms with Gasteiger partial charge in [-0.1, -0.05) is 23.2 Å². The zero-order valence-corrected chi connectivity index (χ0v) is 17.4. The van der Waals surface area contributed by atoms with Gasteiger partial charge in [-0.15, -0.1) is 0 Å². The molecular formula is C16H12Cl2O8S2. The third kappa shape index (κ3) is 4.43. The van der Waals surface area contributed by atoms with E-state index in [1.807, 2.05) is 0 Å². The van der Waals surface area contributed by atoms with Gasteiger partial charge in [0.1, 0.15) is 9.79 Å². The van der Waals surface area contributed by atoms with Gasteiger partial charge in [0, 0.05) is 22.3 Å². The van der Waals surface area contributed by atoms with Gasteiger partial charge in [-0.2, -0.15) is 16.8 Å². The van der Waals surface area contributed by atoms with E-state index in [4.69, 9.17) is 23.2 Å². The maximum Gasteiger partial charge on any atom is 0.295 e. The summed E-state index contributed by atoms with van der Waals surface area (Å²) in [7, 11) is -9.88. The molecule has 0 heterocycles. The molecule has 0 saturated carbocycles. The van der Waals surface area contributed by atoms with Crippen LogP contribution >= 0.6 is 23.2 Å². The number of hydrogen-bond acceptors (Lipinski definition) is 6. The lowest BCUT2D eigenvalue weighted by Gasteiger charge is -2.15. The van der Waals surface area contributed by atoms with Crippen molar-refractivity contribution < 1.29 is 35.5 Å². The van der Waals surface area contributed by atoms with Crippen molar-refractivity contribution in [1.82, 2.24) is 0 Å². The number of Topliss-reactive ketones (excluding diaryl/α,β-unsaturated/α-hetero) is 2. The number of carbonyl (C=O) groups excluding carboxylic acids is 2. The van der Waals surface area contributed by atoms with Gasteiger partial charge in [0.05, 0.1) is 10.0 Å². The minimum atomic E-state index is -4.94. The monoisotopic (exact) mass is 466 g/mol. The van der Waals surface area contributed by atoms with E-state index >= 15 is 0 Å². The largest absolute Gasteiger partial charge is 0.295 e. The Kier molecular flexibility index (Phi) is 6.05. The molecule has 0 aliphatic carbocycles. The first kappa shape index (κ1) is 22.5. The van der Waals surface area contributed by atoms with Crippen LogP contribution in [-0.2, 0) is 20.2 Å². The van der Waals surface area contributed by atoms with E-state index < -0.39 is 52.7 Å². The maximum atomic E-state index is 11.8. The van der Waals surface area contributed by atoms with Crippen LogP contribution in [0.3, 0.4) is 0 Å². The normalized spacial score (nSPS) is 12.1. The van der Waals surface area contributed by atoms with Crippen LogP contribution in [0, 0.1) is 0 Å². The topological polar surface area (TPSA) is 143 Å². The highest BCUT2D eigenvalue weighted by molar-refractivity contribution is 7.86. The fraction of sp³-hybridized carbons (Fsp3) is 0.125. The highest BCUT2D eigenvalue weighted by Crippen LogP contribution is 2.38. The van der Waals surface area contributed by atoms with Crippen molar-refractivity contribution in [2.75, 3.05) is 0 Å². The summed E-state index contributed by atoms with van der Waals surface area (Å²) in [4.78, 5) is 21.9. The van der Waals surface area contributed by atoms with E-state index in [9.17, 15) is 35.5 Å². The molecule has 0 saturated heterocycles. The van der Waals surface area contributed by atoms with Crippen LogP contribution in [0.5, 0.6) is 0 Å². The van der Waals surface area contributed by atoms with Crippen molar-refractivity contribution in [2.45, 2.75) is 23.6 Å². The summed E-state index contributed by atoms with van der Waals surface area (Å²) < 4.78 is 66.3. The molecule has 0 unspecified atom stereocenters. The molecule has 0 amide bonds. The highest BCUT2D eigenvalue weighted by atomic mass is 35.5. The Bertz CT molecular complexity index is 1130. The van der Waals surface area contributed by atoms with E-state index in [2.05, 4.69) is 0 Å². The molecule has 2 N–H and O–H groups in total. The van der Waals surface area contributed by atoms with Crippen LogP contribution in [0.4, 0.5) is 0 Å². The molecular weight excluding hydrogens is 455 g/mol. The molecule has 12 heteroatoms. The Labute approximate surface area is 170 Å². The Hall–Kier alpha value is -1.82. The van der Waals surface area contributed by atoms with Gasteiger partial charge < -0.3 is 0 Å². The zero-order valence-electron chi connectivity index (χ0n) is 14.2. The van der Waals surface area contributed by atoms with Gasteiger partial charge in [-0.05, 0) is 38.1 Å². The summed E-state index contributed by atoms with van der Waals surface area (Å²) in [5, 5.41) is -0.615. The van der Waals surface area contributed by atoms with Gasteiger partial charge in [0.15, 0.2) is 11.6 Å². The lowest BCUT2D eigenvalue weighted by molar-refractivity contribution is 0.100. The molecule has 0 aliphatic heterocycles. The number of rotatable bonds is 5. The SMILES string of the molecule is CC(=O)c1cc(-c2cc(C(C)=O)c(Cl)cc2S(=O)(=O)O)c(S(=O)(=O)O)cc1Cl.